The normalized spacial score (nSPS) is 16.3. The third-order valence-corrected chi connectivity index (χ3v) is 3.31. The molecule has 3 nitrogen and oxygen atoms in total. The maximum atomic E-state index is 11.6. The van der Waals surface area contributed by atoms with E-state index < -0.39 is 0 Å². The number of hydrogen-bond donors (Lipinski definition) is 2. The van der Waals surface area contributed by atoms with Gasteiger partial charge in [-0.3, -0.25) is 4.79 Å². The van der Waals surface area contributed by atoms with Gasteiger partial charge < -0.3 is 10.6 Å². The molecule has 0 aromatic heterocycles. The summed E-state index contributed by atoms with van der Waals surface area (Å²) in [6, 6.07) is 11.2. The zero-order chi connectivity index (χ0) is 12.8. The second kappa shape index (κ2) is 6.55. The molecule has 18 heavy (non-hydrogen) atoms. The Labute approximate surface area is 109 Å². The highest BCUT2D eigenvalue weighted by molar-refractivity contribution is 5.78. The van der Waals surface area contributed by atoms with Crippen LogP contribution in [0.5, 0.6) is 0 Å². The Kier molecular flexibility index (Phi) is 4.76. The van der Waals surface area contributed by atoms with E-state index in [1.807, 2.05) is 6.07 Å². The molecule has 0 radical (unpaired) electrons. The van der Waals surface area contributed by atoms with Crippen molar-refractivity contribution in [2.75, 3.05) is 6.54 Å². The molecule has 0 heterocycles. The molecule has 2 rings (SSSR count). The second-order valence-corrected chi connectivity index (χ2v) is 5.02. The van der Waals surface area contributed by atoms with E-state index in [1.165, 1.54) is 5.56 Å². The molecule has 1 atom stereocenters. The summed E-state index contributed by atoms with van der Waals surface area (Å²) < 4.78 is 0. The van der Waals surface area contributed by atoms with Gasteiger partial charge in [0.1, 0.15) is 0 Å². The highest BCUT2D eigenvalue weighted by Crippen LogP contribution is 2.18. The van der Waals surface area contributed by atoms with Crippen LogP contribution in [0.2, 0.25) is 0 Å². The molecule has 1 amide bonds. The molecule has 0 aliphatic heterocycles. The Morgan fingerprint density at radius 2 is 2.06 bits per heavy atom. The predicted molar refractivity (Wildman–Crippen MR) is 73.4 cm³/mol. The summed E-state index contributed by atoms with van der Waals surface area (Å²) in [6.07, 6.45) is 4.31. The fourth-order valence-corrected chi connectivity index (χ4v) is 2.00. The molecular formula is C15H22N2O. The van der Waals surface area contributed by atoms with E-state index >= 15 is 0 Å². The summed E-state index contributed by atoms with van der Waals surface area (Å²) in [6.45, 7) is 2.58. The molecule has 0 bridgehead atoms. The molecule has 1 aromatic rings. The quantitative estimate of drug-likeness (QED) is 0.771. The van der Waals surface area contributed by atoms with Gasteiger partial charge in [-0.2, -0.15) is 0 Å². The molecule has 1 aromatic carbocycles. The minimum Gasteiger partial charge on any atom is -0.352 e. The van der Waals surface area contributed by atoms with Gasteiger partial charge in [0.05, 0.1) is 6.54 Å². The molecule has 1 aliphatic carbocycles. The largest absolute Gasteiger partial charge is 0.352 e. The van der Waals surface area contributed by atoms with Gasteiger partial charge in [-0.1, -0.05) is 37.3 Å². The van der Waals surface area contributed by atoms with Crippen molar-refractivity contribution in [1.29, 1.82) is 0 Å². The Morgan fingerprint density at radius 3 is 2.67 bits per heavy atom. The van der Waals surface area contributed by atoms with E-state index in [9.17, 15) is 4.79 Å². The van der Waals surface area contributed by atoms with Gasteiger partial charge in [-0.25, -0.2) is 0 Å². The molecule has 1 fully saturated rings. The zero-order valence-corrected chi connectivity index (χ0v) is 11.0. The van der Waals surface area contributed by atoms with Crippen LogP contribution in [0.3, 0.4) is 0 Å². The lowest BCUT2D eigenvalue weighted by Gasteiger charge is -2.16. The van der Waals surface area contributed by atoms with Crippen LogP contribution in [0.4, 0.5) is 0 Å². The zero-order valence-electron chi connectivity index (χ0n) is 11.0. The average molecular weight is 246 g/mol. The fourth-order valence-electron chi connectivity index (χ4n) is 2.00. The van der Waals surface area contributed by atoms with Crippen LogP contribution in [0.15, 0.2) is 30.3 Å². The number of rotatable bonds is 7. The highest BCUT2D eigenvalue weighted by Gasteiger charge is 2.23. The molecule has 1 unspecified atom stereocenters. The van der Waals surface area contributed by atoms with Crippen LogP contribution >= 0.6 is 0 Å². The average Bonchev–Trinajstić information content (AvgIpc) is 3.19. The third-order valence-electron chi connectivity index (χ3n) is 3.31. The number of hydrogen-bond acceptors (Lipinski definition) is 2. The topological polar surface area (TPSA) is 41.1 Å². The summed E-state index contributed by atoms with van der Waals surface area (Å²) in [5.41, 5.74) is 1.32. The first kappa shape index (κ1) is 13.1. The van der Waals surface area contributed by atoms with Crippen LogP contribution < -0.4 is 10.6 Å². The van der Waals surface area contributed by atoms with Gasteiger partial charge in [0.2, 0.25) is 5.91 Å². The van der Waals surface area contributed by atoms with Gasteiger partial charge in [-0.15, -0.1) is 0 Å². The first-order valence-electron chi connectivity index (χ1n) is 6.84. The lowest BCUT2D eigenvalue weighted by molar-refractivity contribution is -0.120. The fraction of sp³-hybridized carbons (Fsp3) is 0.533. The number of amides is 1. The van der Waals surface area contributed by atoms with E-state index in [-0.39, 0.29) is 5.91 Å². The molecule has 1 aliphatic rings. The van der Waals surface area contributed by atoms with E-state index in [4.69, 9.17) is 0 Å². The monoisotopic (exact) mass is 246 g/mol. The Balaban J connectivity index is 1.72. The predicted octanol–water partition coefficient (Wildman–Crippen LogP) is 1.88. The molecule has 98 valence electrons. The molecule has 2 N–H and O–H groups in total. The number of carbonyl (C=O) groups excluding carboxylic acids is 1. The van der Waals surface area contributed by atoms with Crippen molar-refractivity contribution in [3.63, 3.8) is 0 Å². The third kappa shape index (κ3) is 4.49. The van der Waals surface area contributed by atoms with E-state index in [0.717, 1.165) is 25.7 Å². The summed E-state index contributed by atoms with van der Waals surface area (Å²) in [5, 5.41) is 6.33. The van der Waals surface area contributed by atoms with Gasteiger partial charge in [0.15, 0.2) is 0 Å². The SMILES string of the molecule is CCC(Cc1ccccc1)NCC(=O)NC1CC1. The minimum atomic E-state index is 0.129. The number of carbonyl (C=O) groups is 1. The van der Waals surface area contributed by atoms with Crippen molar-refractivity contribution < 1.29 is 4.79 Å². The maximum Gasteiger partial charge on any atom is 0.234 e. The minimum absolute atomic E-state index is 0.129. The highest BCUT2D eigenvalue weighted by atomic mass is 16.2. The van der Waals surface area contributed by atoms with Crippen molar-refractivity contribution in [3.05, 3.63) is 35.9 Å². The summed E-state index contributed by atoms with van der Waals surface area (Å²) in [5.74, 6) is 0.129. The van der Waals surface area contributed by atoms with Crippen LogP contribution in [-0.4, -0.2) is 24.5 Å². The van der Waals surface area contributed by atoms with Gasteiger partial charge in [-0.05, 0) is 31.2 Å². The van der Waals surface area contributed by atoms with Gasteiger partial charge in [0, 0.05) is 12.1 Å². The van der Waals surface area contributed by atoms with Gasteiger partial charge in [0.25, 0.3) is 0 Å². The van der Waals surface area contributed by atoms with E-state index in [2.05, 4.69) is 41.8 Å². The van der Waals surface area contributed by atoms with Crippen LogP contribution in [0.25, 0.3) is 0 Å². The van der Waals surface area contributed by atoms with Crippen LogP contribution in [0, 0.1) is 0 Å². The summed E-state index contributed by atoms with van der Waals surface area (Å²) >= 11 is 0. The van der Waals surface area contributed by atoms with Crippen LogP contribution in [-0.2, 0) is 11.2 Å². The first-order valence-corrected chi connectivity index (χ1v) is 6.84. The summed E-state index contributed by atoms with van der Waals surface area (Å²) in [4.78, 5) is 11.6. The lowest BCUT2D eigenvalue weighted by Crippen LogP contribution is -2.40. The Bertz CT molecular complexity index is 373. The molecule has 0 spiro atoms. The molecule has 0 saturated heterocycles. The van der Waals surface area contributed by atoms with Crippen molar-refractivity contribution in [2.24, 2.45) is 0 Å². The smallest absolute Gasteiger partial charge is 0.234 e. The molecular weight excluding hydrogens is 224 g/mol. The van der Waals surface area contributed by atoms with Gasteiger partial charge >= 0.3 is 0 Å². The molecule has 1 saturated carbocycles. The van der Waals surface area contributed by atoms with Crippen molar-refractivity contribution in [3.8, 4) is 0 Å². The maximum absolute atomic E-state index is 11.6. The van der Waals surface area contributed by atoms with E-state index in [1.54, 1.807) is 0 Å². The number of benzene rings is 1. The van der Waals surface area contributed by atoms with Crippen molar-refractivity contribution >= 4 is 5.91 Å². The van der Waals surface area contributed by atoms with E-state index in [0.29, 0.717) is 18.6 Å². The lowest BCUT2D eigenvalue weighted by atomic mass is 10.0. The number of nitrogens with one attached hydrogen (secondary N) is 2. The standard InChI is InChI=1S/C15H22N2O/c1-2-13(10-12-6-4-3-5-7-12)16-11-15(18)17-14-8-9-14/h3-7,13-14,16H,2,8-11H2,1H3,(H,17,18). The first-order chi connectivity index (χ1) is 8.78. The van der Waals surface area contributed by atoms with Crippen LogP contribution in [0.1, 0.15) is 31.7 Å². The Morgan fingerprint density at radius 1 is 1.33 bits per heavy atom. The molecule has 3 heteroatoms. The van der Waals surface area contributed by atoms with Crippen molar-refractivity contribution in [1.82, 2.24) is 10.6 Å². The second-order valence-electron chi connectivity index (χ2n) is 5.02. The Hall–Kier alpha value is -1.35. The summed E-state index contributed by atoms with van der Waals surface area (Å²) in [7, 11) is 0. The van der Waals surface area contributed by atoms with Crippen molar-refractivity contribution in [2.45, 2.75) is 44.7 Å².